The molecule has 2 rings (SSSR count). The largest absolute Gasteiger partial charge is 0.378 e. The highest BCUT2D eigenvalue weighted by molar-refractivity contribution is 5.94. The fourth-order valence-electron chi connectivity index (χ4n) is 2.50. The molecule has 144 valence electrons. The molecular weight excluding hydrogens is 340 g/mol. The van der Waals surface area contributed by atoms with Gasteiger partial charge in [-0.3, -0.25) is 4.79 Å². The molecule has 6 nitrogen and oxygen atoms in total. The van der Waals surface area contributed by atoms with Crippen molar-refractivity contribution < 1.29 is 9.59 Å². The van der Waals surface area contributed by atoms with Crippen LogP contribution in [0.3, 0.4) is 0 Å². The van der Waals surface area contributed by atoms with Gasteiger partial charge in [-0.1, -0.05) is 31.2 Å². The summed E-state index contributed by atoms with van der Waals surface area (Å²) in [6, 6.07) is 15.1. The van der Waals surface area contributed by atoms with Gasteiger partial charge in [0.2, 0.25) is 0 Å². The molecule has 0 fully saturated rings. The maximum atomic E-state index is 12.0. The topological polar surface area (TPSA) is 73.5 Å². The lowest BCUT2D eigenvalue weighted by Crippen LogP contribution is -2.34. The van der Waals surface area contributed by atoms with Gasteiger partial charge >= 0.3 is 6.03 Å². The van der Waals surface area contributed by atoms with Crippen LogP contribution < -0.4 is 20.9 Å². The van der Waals surface area contributed by atoms with E-state index >= 15 is 0 Å². The molecule has 0 saturated carbocycles. The standard InChI is InChI=1S/C21H28N4O2/c1-4-12-22-20(26)18-7-5-6-17(13-18)15-24-21(27)23-14-16-8-10-19(11-9-16)25(2)3/h5-11,13H,4,12,14-15H2,1-3H3,(H,22,26)(H2,23,24,27). The number of carbonyl (C=O) groups is 2. The highest BCUT2D eigenvalue weighted by Crippen LogP contribution is 2.12. The maximum Gasteiger partial charge on any atom is 0.315 e. The molecule has 0 saturated heterocycles. The van der Waals surface area contributed by atoms with Crippen LogP contribution in [0.5, 0.6) is 0 Å². The molecule has 2 aromatic rings. The number of anilines is 1. The molecule has 0 radical (unpaired) electrons. The molecule has 0 unspecified atom stereocenters. The monoisotopic (exact) mass is 368 g/mol. The maximum absolute atomic E-state index is 12.0. The number of urea groups is 1. The van der Waals surface area contributed by atoms with Gasteiger partial charge in [0, 0.05) is 45.0 Å². The highest BCUT2D eigenvalue weighted by Gasteiger charge is 2.06. The van der Waals surface area contributed by atoms with Gasteiger partial charge in [0.1, 0.15) is 0 Å². The van der Waals surface area contributed by atoms with Crippen LogP contribution in [0.4, 0.5) is 10.5 Å². The van der Waals surface area contributed by atoms with Crippen LogP contribution in [-0.2, 0) is 13.1 Å². The van der Waals surface area contributed by atoms with Gasteiger partial charge in [-0.25, -0.2) is 4.79 Å². The minimum atomic E-state index is -0.243. The van der Waals surface area contributed by atoms with Crippen LogP contribution in [-0.4, -0.2) is 32.6 Å². The molecule has 0 heterocycles. The summed E-state index contributed by atoms with van der Waals surface area (Å²) in [4.78, 5) is 26.0. The van der Waals surface area contributed by atoms with E-state index in [1.54, 1.807) is 12.1 Å². The van der Waals surface area contributed by atoms with Crippen molar-refractivity contribution in [1.29, 1.82) is 0 Å². The van der Waals surface area contributed by atoms with E-state index in [1.165, 1.54) is 0 Å². The average Bonchev–Trinajstić information content (AvgIpc) is 2.69. The van der Waals surface area contributed by atoms with Gasteiger partial charge in [0.15, 0.2) is 0 Å². The number of benzene rings is 2. The molecular formula is C21H28N4O2. The Labute approximate surface area is 161 Å². The van der Waals surface area contributed by atoms with Crippen LogP contribution >= 0.6 is 0 Å². The van der Waals surface area contributed by atoms with E-state index in [0.29, 0.717) is 25.2 Å². The van der Waals surface area contributed by atoms with Crippen molar-refractivity contribution in [2.45, 2.75) is 26.4 Å². The second-order valence-corrected chi connectivity index (χ2v) is 6.55. The molecule has 0 spiro atoms. The fourth-order valence-corrected chi connectivity index (χ4v) is 2.50. The third kappa shape index (κ3) is 6.66. The molecule has 2 aromatic carbocycles. The Morgan fingerprint density at radius 3 is 2.19 bits per heavy atom. The first-order valence-corrected chi connectivity index (χ1v) is 9.14. The molecule has 3 amide bonds. The summed E-state index contributed by atoms with van der Waals surface area (Å²) in [5, 5.41) is 8.51. The van der Waals surface area contributed by atoms with Gasteiger partial charge in [-0.15, -0.1) is 0 Å². The third-order valence-electron chi connectivity index (χ3n) is 4.08. The van der Waals surface area contributed by atoms with Gasteiger partial charge in [0.25, 0.3) is 5.91 Å². The Hall–Kier alpha value is -3.02. The Kier molecular flexibility index (Phi) is 7.67. The zero-order chi connectivity index (χ0) is 19.6. The Balaban J connectivity index is 1.80. The van der Waals surface area contributed by atoms with Crippen molar-refractivity contribution in [1.82, 2.24) is 16.0 Å². The molecule has 0 aromatic heterocycles. The second-order valence-electron chi connectivity index (χ2n) is 6.55. The Morgan fingerprint density at radius 2 is 1.56 bits per heavy atom. The lowest BCUT2D eigenvalue weighted by molar-refractivity contribution is 0.0953. The minimum absolute atomic E-state index is 0.0932. The fraction of sp³-hybridized carbons (Fsp3) is 0.333. The van der Waals surface area contributed by atoms with Crippen LogP contribution in [0.2, 0.25) is 0 Å². The Bertz CT molecular complexity index is 757. The van der Waals surface area contributed by atoms with E-state index in [0.717, 1.165) is 23.2 Å². The predicted molar refractivity (Wildman–Crippen MR) is 109 cm³/mol. The summed E-state index contributed by atoms with van der Waals surface area (Å²) in [5.41, 5.74) is 3.63. The number of hydrogen-bond acceptors (Lipinski definition) is 3. The zero-order valence-electron chi connectivity index (χ0n) is 16.2. The lowest BCUT2D eigenvalue weighted by Gasteiger charge is -2.13. The van der Waals surface area contributed by atoms with Crippen molar-refractivity contribution in [3.05, 3.63) is 65.2 Å². The number of nitrogens with zero attached hydrogens (tertiary/aromatic N) is 1. The molecule has 0 bridgehead atoms. The van der Waals surface area contributed by atoms with E-state index < -0.39 is 0 Å². The predicted octanol–water partition coefficient (Wildman–Crippen LogP) is 2.89. The van der Waals surface area contributed by atoms with E-state index in [-0.39, 0.29) is 11.9 Å². The molecule has 0 atom stereocenters. The summed E-state index contributed by atoms with van der Waals surface area (Å²) in [5.74, 6) is -0.0932. The van der Waals surface area contributed by atoms with Gasteiger partial charge in [0.05, 0.1) is 0 Å². The van der Waals surface area contributed by atoms with Crippen molar-refractivity contribution in [3.8, 4) is 0 Å². The smallest absolute Gasteiger partial charge is 0.315 e. The molecule has 0 aliphatic rings. The van der Waals surface area contributed by atoms with E-state index in [1.807, 2.05) is 62.3 Å². The number of rotatable bonds is 8. The van der Waals surface area contributed by atoms with Gasteiger partial charge in [-0.2, -0.15) is 0 Å². The van der Waals surface area contributed by atoms with Crippen molar-refractivity contribution >= 4 is 17.6 Å². The van der Waals surface area contributed by atoms with E-state index in [4.69, 9.17) is 0 Å². The number of carbonyl (C=O) groups excluding carboxylic acids is 2. The van der Waals surface area contributed by atoms with Crippen molar-refractivity contribution in [2.24, 2.45) is 0 Å². The lowest BCUT2D eigenvalue weighted by atomic mass is 10.1. The molecule has 6 heteroatoms. The molecule has 27 heavy (non-hydrogen) atoms. The molecule has 0 aliphatic heterocycles. The van der Waals surface area contributed by atoms with Gasteiger partial charge < -0.3 is 20.9 Å². The normalized spacial score (nSPS) is 10.2. The SMILES string of the molecule is CCCNC(=O)c1cccc(CNC(=O)NCc2ccc(N(C)C)cc2)c1. The summed E-state index contributed by atoms with van der Waals surface area (Å²) < 4.78 is 0. The average molecular weight is 368 g/mol. The molecule has 3 N–H and O–H groups in total. The number of amides is 3. The van der Waals surface area contributed by atoms with Crippen LogP contribution in [0, 0.1) is 0 Å². The first kappa shape index (κ1) is 20.3. The zero-order valence-corrected chi connectivity index (χ0v) is 16.2. The molecule has 0 aliphatic carbocycles. The summed E-state index contributed by atoms with van der Waals surface area (Å²) >= 11 is 0. The first-order valence-electron chi connectivity index (χ1n) is 9.14. The second kappa shape index (κ2) is 10.2. The summed E-state index contributed by atoms with van der Waals surface area (Å²) in [7, 11) is 3.98. The summed E-state index contributed by atoms with van der Waals surface area (Å²) in [6.07, 6.45) is 0.894. The number of nitrogens with one attached hydrogen (secondary N) is 3. The van der Waals surface area contributed by atoms with E-state index in [2.05, 4.69) is 16.0 Å². The summed E-state index contributed by atoms with van der Waals surface area (Å²) in [6.45, 7) is 3.48. The number of hydrogen-bond donors (Lipinski definition) is 3. The van der Waals surface area contributed by atoms with Crippen LogP contribution in [0.15, 0.2) is 48.5 Å². The minimum Gasteiger partial charge on any atom is -0.378 e. The quantitative estimate of drug-likeness (QED) is 0.671. The van der Waals surface area contributed by atoms with E-state index in [9.17, 15) is 9.59 Å². The van der Waals surface area contributed by atoms with Crippen molar-refractivity contribution in [3.63, 3.8) is 0 Å². The highest BCUT2D eigenvalue weighted by atomic mass is 16.2. The third-order valence-corrected chi connectivity index (χ3v) is 4.08. The van der Waals surface area contributed by atoms with Crippen LogP contribution in [0.25, 0.3) is 0 Å². The van der Waals surface area contributed by atoms with Crippen molar-refractivity contribution in [2.75, 3.05) is 25.5 Å². The Morgan fingerprint density at radius 1 is 0.889 bits per heavy atom. The first-order chi connectivity index (χ1) is 13.0. The van der Waals surface area contributed by atoms with Crippen LogP contribution in [0.1, 0.15) is 34.8 Å². The van der Waals surface area contributed by atoms with Gasteiger partial charge in [-0.05, 0) is 41.8 Å².